The van der Waals surface area contributed by atoms with Crippen LogP contribution in [0.2, 0.25) is 0 Å². The minimum absolute atomic E-state index is 0.136. The summed E-state index contributed by atoms with van der Waals surface area (Å²) in [5.74, 6) is 0.136. The van der Waals surface area contributed by atoms with E-state index in [1.165, 1.54) is 0 Å². The van der Waals surface area contributed by atoms with Crippen molar-refractivity contribution >= 4 is 5.91 Å². The highest BCUT2D eigenvalue weighted by atomic mass is 16.2. The van der Waals surface area contributed by atoms with E-state index in [4.69, 9.17) is 5.26 Å². The van der Waals surface area contributed by atoms with Crippen LogP contribution in [-0.2, 0) is 4.79 Å². The van der Waals surface area contributed by atoms with Crippen molar-refractivity contribution in [2.75, 3.05) is 46.8 Å². The number of carbonyl (C=O) groups is 1. The van der Waals surface area contributed by atoms with E-state index in [1.807, 2.05) is 0 Å². The van der Waals surface area contributed by atoms with Crippen molar-refractivity contribution in [1.82, 2.24) is 14.7 Å². The summed E-state index contributed by atoms with van der Waals surface area (Å²) in [7, 11) is 3.90. The van der Waals surface area contributed by atoms with E-state index >= 15 is 0 Å². The molecule has 18 heavy (non-hydrogen) atoms. The minimum Gasteiger partial charge on any atom is -0.345 e. The smallest absolute Gasteiger partial charge is 0.223 e. The maximum Gasteiger partial charge on any atom is 0.223 e. The summed E-state index contributed by atoms with van der Waals surface area (Å²) in [6.07, 6.45) is 0.961. The third kappa shape index (κ3) is 4.63. The molecule has 1 fully saturated rings. The number of piperazine rings is 1. The van der Waals surface area contributed by atoms with Crippen LogP contribution < -0.4 is 0 Å². The van der Waals surface area contributed by atoms with E-state index in [-0.39, 0.29) is 5.91 Å². The summed E-state index contributed by atoms with van der Waals surface area (Å²) >= 11 is 0. The predicted molar refractivity (Wildman–Crippen MR) is 71.0 cm³/mol. The van der Waals surface area contributed by atoms with E-state index in [9.17, 15) is 4.79 Å². The van der Waals surface area contributed by atoms with E-state index in [0.29, 0.717) is 25.4 Å². The Bertz CT molecular complexity index is 313. The molecule has 0 bridgehead atoms. The highest BCUT2D eigenvalue weighted by Crippen LogP contribution is 2.08. The van der Waals surface area contributed by atoms with Crippen LogP contribution in [0.1, 0.15) is 19.8 Å². The zero-order valence-electron chi connectivity index (χ0n) is 11.7. The van der Waals surface area contributed by atoms with Crippen molar-refractivity contribution in [3.8, 4) is 6.07 Å². The molecule has 1 saturated heterocycles. The summed E-state index contributed by atoms with van der Waals surface area (Å²) in [5.41, 5.74) is 0. The van der Waals surface area contributed by atoms with Gasteiger partial charge in [0, 0.05) is 52.2 Å². The molecule has 0 spiro atoms. The molecule has 5 nitrogen and oxygen atoms in total. The van der Waals surface area contributed by atoms with Crippen LogP contribution in [0, 0.1) is 11.3 Å². The number of carbonyl (C=O) groups excluding carboxylic acids is 1. The number of rotatable bonds is 5. The van der Waals surface area contributed by atoms with Crippen molar-refractivity contribution in [1.29, 1.82) is 5.26 Å². The van der Waals surface area contributed by atoms with Gasteiger partial charge in [-0.3, -0.25) is 9.69 Å². The molecular weight excluding hydrogens is 228 g/mol. The Hall–Kier alpha value is -1.12. The second-order valence-electron chi connectivity index (χ2n) is 5.12. The number of nitrogens with zero attached hydrogens (tertiary/aromatic N) is 4. The Morgan fingerprint density at radius 3 is 2.83 bits per heavy atom. The van der Waals surface area contributed by atoms with E-state index < -0.39 is 0 Å². The van der Waals surface area contributed by atoms with Crippen molar-refractivity contribution in [2.24, 2.45) is 0 Å². The standard InChI is InChI=1S/C13H24N4O/c1-12-11-15(2)9-10-17(12)8-5-13(18)16(3)7-4-6-14/h12H,4-5,7-11H2,1-3H3. The molecule has 1 aliphatic heterocycles. The molecule has 0 radical (unpaired) electrons. The molecule has 0 aromatic heterocycles. The average Bonchev–Trinajstić information content (AvgIpc) is 2.34. The Kier molecular flexibility index (Phi) is 6.10. The predicted octanol–water partition coefficient (Wildman–Crippen LogP) is 0.384. The van der Waals surface area contributed by atoms with Gasteiger partial charge in [-0.1, -0.05) is 0 Å². The van der Waals surface area contributed by atoms with Gasteiger partial charge in [-0.25, -0.2) is 0 Å². The highest BCUT2D eigenvalue weighted by molar-refractivity contribution is 5.76. The summed E-state index contributed by atoms with van der Waals surface area (Å²) in [6.45, 7) is 6.74. The SMILES string of the molecule is CC1CN(C)CCN1CCC(=O)N(C)CCC#N. The molecular formula is C13H24N4O. The van der Waals surface area contributed by atoms with Gasteiger partial charge in [-0.2, -0.15) is 5.26 Å². The zero-order valence-corrected chi connectivity index (χ0v) is 11.7. The van der Waals surface area contributed by atoms with Gasteiger partial charge in [0.1, 0.15) is 0 Å². The quantitative estimate of drug-likeness (QED) is 0.710. The van der Waals surface area contributed by atoms with Gasteiger partial charge in [-0.15, -0.1) is 0 Å². The highest BCUT2D eigenvalue weighted by Gasteiger charge is 2.22. The first-order valence-electron chi connectivity index (χ1n) is 6.58. The largest absolute Gasteiger partial charge is 0.345 e. The van der Waals surface area contributed by atoms with Crippen LogP contribution in [0.5, 0.6) is 0 Å². The summed E-state index contributed by atoms with van der Waals surface area (Å²) in [6, 6.07) is 2.58. The Labute approximate surface area is 110 Å². The lowest BCUT2D eigenvalue weighted by atomic mass is 10.2. The van der Waals surface area contributed by atoms with E-state index in [2.05, 4.69) is 29.8 Å². The molecule has 1 atom stereocenters. The van der Waals surface area contributed by atoms with Crippen LogP contribution in [0.15, 0.2) is 0 Å². The molecule has 102 valence electrons. The van der Waals surface area contributed by atoms with Gasteiger partial charge in [0.15, 0.2) is 0 Å². The summed E-state index contributed by atoms with van der Waals surface area (Å²) in [4.78, 5) is 18.2. The first-order chi connectivity index (χ1) is 8.54. The molecule has 1 amide bonds. The number of hydrogen-bond donors (Lipinski definition) is 0. The van der Waals surface area contributed by atoms with Crippen LogP contribution in [0.3, 0.4) is 0 Å². The molecule has 0 aromatic rings. The van der Waals surface area contributed by atoms with Crippen molar-refractivity contribution in [3.05, 3.63) is 0 Å². The van der Waals surface area contributed by atoms with Crippen molar-refractivity contribution < 1.29 is 4.79 Å². The van der Waals surface area contributed by atoms with Gasteiger partial charge < -0.3 is 9.80 Å². The third-order valence-electron chi connectivity index (χ3n) is 3.57. The molecule has 5 heteroatoms. The van der Waals surface area contributed by atoms with Crippen LogP contribution in [0.4, 0.5) is 0 Å². The molecule has 1 heterocycles. The second-order valence-corrected chi connectivity index (χ2v) is 5.12. The Morgan fingerprint density at radius 1 is 1.50 bits per heavy atom. The van der Waals surface area contributed by atoms with Crippen molar-refractivity contribution in [2.45, 2.75) is 25.8 Å². The average molecular weight is 252 g/mol. The lowest BCUT2D eigenvalue weighted by Gasteiger charge is -2.38. The Morgan fingerprint density at radius 2 is 2.22 bits per heavy atom. The minimum atomic E-state index is 0.136. The van der Waals surface area contributed by atoms with Gasteiger partial charge in [0.25, 0.3) is 0 Å². The number of likely N-dealkylation sites (N-methyl/N-ethyl adjacent to an activating group) is 1. The fourth-order valence-corrected chi connectivity index (χ4v) is 2.28. The van der Waals surface area contributed by atoms with Gasteiger partial charge in [0.2, 0.25) is 5.91 Å². The summed E-state index contributed by atoms with van der Waals surface area (Å²) < 4.78 is 0. The Balaban J connectivity index is 2.28. The first-order valence-corrected chi connectivity index (χ1v) is 6.58. The maximum atomic E-state index is 11.8. The molecule has 0 aliphatic carbocycles. The maximum absolute atomic E-state index is 11.8. The van der Waals surface area contributed by atoms with Gasteiger partial charge in [-0.05, 0) is 14.0 Å². The van der Waals surface area contributed by atoms with E-state index in [0.717, 1.165) is 26.2 Å². The van der Waals surface area contributed by atoms with Crippen LogP contribution in [0.25, 0.3) is 0 Å². The zero-order chi connectivity index (χ0) is 13.5. The number of amides is 1. The lowest BCUT2D eigenvalue weighted by molar-refractivity contribution is -0.130. The van der Waals surface area contributed by atoms with Crippen LogP contribution in [-0.4, -0.2) is 73.5 Å². The van der Waals surface area contributed by atoms with E-state index in [1.54, 1.807) is 11.9 Å². The molecule has 1 unspecified atom stereocenters. The summed E-state index contributed by atoms with van der Waals surface area (Å²) in [5, 5.41) is 8.49. The molecule has 0 aromatic carbocycles. The van der Waals surface area contributed by atoms with Gasteiger partial charge >= 0.3 is 0 Å². The molecule has 0 N–H and O–H groups in total. The fourth-order valence-electron chi connectivity index (χ4n) is 2.28. The van der Waals surface area contributed by atoms with Gasteiger partial charge in [0.05, 0.1) is 12.5 Å². The molecule has 0 saturated carbocycles. The lowest BCUT2D eigenvalue weighted by Crippen LogP contribution is -2.51. The van der Waals surface area contributed by atoms with Crippen molar-refractivity contribution in [3.63, 3.8) is 0 Å². The van der Waals surface area contributed by atoms with Crippen LogP contribution >= 0.6 is 0 Å². The fraction of sp³-hybridized carbons (Fsp3) is 0.846. The topological polar surface area (TPSA) is 50.6 Å². The number of hydrogen-bond acceptors (Lipinski definition) is 4. The second kappa shape index (κ2) is 7.34. The molecule has 1 rings (SSSR count). The first kappa shape index (κ1) is 14.9. The monoisotopic (exact) mass is 252 g/mol. The normalized spacial score (nSPS) is 21.6. The molecule has 1 aliphatic rings. The third-order valence-corrected chi connectivity index (χ3v) is 3.57. The number of nitriles is 1.